The Morgan fingerprint density at radius 1 is 1.00 bits per heavy atom. The maximum Gasteiger partial charge on any atom is 0.260 e. The average Bonchev–Trinajstić information content (AvgIpc) is 2.46. The van der Waals surface area contributed by atoms with Crippen LogP contribution in [-0.4, -0.2) is 30.5 Å². The number of ether oxygens (including phenoxy) is 1. The Hall–Kier alpha value is -2.29. The predicted octanol–water partition coefficient (Wildman–Crippen LogP) is 2.89. The van der Waals surface area contributed by atoms with E-state index in [1.54, 1.807) is 0 Å². The fraction of sp³-hybridized carbons (Fsp3) is 0.278. The van der Waals surface area contributed by atoms with Gasteiger partial charge in [0, 0.05) is 19.5 Å². The molecule has 0 bridgehead atoms. The van der Waals surface area contributed by atoms with Crippen molar-refractivity contribution in [2.75, 3.05) is 19.7 Å². The second kappa shape index (κ2) is 6.44. The Kier molecular flexibility index (Phi) is 4.20. The van der Waals surface area contributed by atoms with Crippen LogP contribution in [0.25, 0.3) is 0 Å². The van der Waals surface area contributed by atoms with E-state index in [1.807, 2.05) is 41.3 Å². The zero-order valence-corrected chi connectivity index (χ0v) is 12.0. The first-order valence-corrected chi connectivity index (χ1v) is 7.35. The molecule has 0 aromatic heterocycles. The highest BCUT2D eigenvalue weighted by molar-refractivity contribution is 5.78. The summed E-state index contributed by atoms with van der Waals surface area (Å²) in [5, 5.41) is 0. The molecular weight excluding hydrogens is 262 g/mol. The van der Waals surface area contributed by atoms with Gasteiger partial charge in [0.25, 0.3) is 5.91 Å². The van der Waals surface area contributed by atoms with Crippen LogP contribution in [0, 0.1) is 0 Å². The first-order valence-electron chi connectivity index (χ1n) is 7.35. The first-order chi connectivity index (χ1) is 10.3. The minimum atomic E-state index is 0.0794. The van der Waals surface area contributed by atoms with Gasteiger partial charge in [-0.2, -0.15) is 0 Å². The SMILES string of the molecule is O=C(COc1ccccc1Cc1ccccc1)N1CCC1. The lowest BCUT2D eigenvalue weighted by Crippen LogP contribution is -2.44. The van der Waals surface area contributed by atoms with Gasteiger partial charge in [0.05, 0.1) is 0 Å². The third kappa shape index (κ3) is 3.43. The highest BCUT2D eigenvalue weighted by Gasteiger charge is 2.20. The van der Waals surface area contributed by atoms with Gasteiger partial charge < -0.3 is 9.64 Å². The minimum absolute atomic E-state index is 0.0794. The Labute approximate surface area is 125 Å². The third-order valence-electron chi connectivity index (χ3n) is 3.77. The van der Waals surface area contributed by atoms with Crippen LogP contribution in [-0.2, 0) is 11.2 Å². The molecule has 0 radical (unpaired) electrons. The van der Waals surface area contributed by atoms with Crippen LogP contribution in [0.3, 0.4) is 0 Å². The molecule has 1 saturated heterocycles. The van der Waals surface area contributed by atoms with E-state index >= 15 is 0 Å². The zero-order valence-electron chi connectivity index (χ0n) is 12.0. The van der Waals surface area contributed by atoms with Crippen molar-refractivity contribution in [2.24, 2.45) is 0 Å². The van der Waals surface area contributed by atoms with Gasteiger partial charge in [-0.05, 0) is 23.6 Å². The highest BCUT2D eigenvalue weighted by atomic mass is 16.5. The number of hydrogen-bond acceptors (Lipinski definition) is 2. The van der Waals surface area contributed by atoms with Crippen LogP contribution in [0.1, 0.15) is 17.5 Å². The van der Waals surface area contributed by atoms with Crippen LogP contribution in [0.15, 0.2) is 54.6 Å². The molecule has 0 unspecified atom stereocenters. The molecule has 1 fully saturated rings. The summed E-state index contributed by atoms with van der Waals surface area (Å²) in [5.74, 6) is 0.881. The summed E-state index contributed by atoms with van der Waals surface area (Å²) in [5.41, 5.74) is 2.35. The lowest BCUT2D eigenvalue weighted by molar-refractivity contribution is -0.136. The summed E-state index contributed by atoms with van der Waals surface area (Å²) in [7, 11) is 0. The summed E-state index contributed by atoms with van der Waals surface area (Å²) in [6.45, 7) is 1.87. The van der Waals surface area contributed by atoms with E-state index in [9.17, 15) is 4.79 Å². The summed E-state index contributed by atoms with van der Waals surface area (Å²) in [4.78, 5) is 13.7. The summed E-state index contributed by atoms with van der Waals surface area (Å²) in [6.07, 6.45) is 1.92. The number of amides is 1. The number of rotatable bonds is 5. The summed E-state index contributed by atoms with van der Waals surface area (Å²) in [6, 6.07) is 18.2. The van der Waals surface area contributed by atoms with Gasteiger partial charge in [-0.3, -0.25) is 4.79 Å². The molecule has 2 aromatic carbocycles. The average molecular weight is 281 g/mol. The third-order valence-corrected chi connectivity index (χ3v) is 3.77. The number of nitrogens with zero attached hydrogens (tertiary/aromatic N) is 1. The van der Waals surface area contributed by atoms with Gasteiger partial charge in [-0.15, -0.1) is 0 Å². The van der Waals surface area contributed by atoms with Gasteiger partial charge >= 0.3 is 0 Å². The zero-order chi connectivity index (χ0) is 14.5. The predicted molar refractivity (Wildman–Crippen MR) is 82.4 cm³/mol. The Balaban J connectivity index is 1.66. The maximum atomic E-state index is 11.9. The van der Waals surface area contributed by atoms with Gasteiger partial charge in [-0.25, -0.2) is 0 Å². The molecule has 21 heavy (non-hydrogen) atoms. The second-order valence-corrected chi connectivity index (χ2v) is 5.29. The quantitative estimate of drug-likeness (QED) is 0.843. The first kappa shape index (κ1) is 13.7. The molecular formula is C18H19NO2. The molecule has 1 amide bonds. The number of para-hydroxylation sites is 1. The second-order valence-electron chi connectivity index (χ2n) is 5.29. The highest BCUT2D eigenvalue weighted by Crippen LogP contribution is 2.21. The Bertz CT molecular complexity index is 606. The molecule has 0 aliphatic carbocycles. The molecule has 0 spiro atoms. The molecule has 1 aliphatic heterocycles. The van der Waals surface area contributed by atoms with Crippen LogP contribution < -0.4 is 4.74 Å². The molecule has 0 N–H and O–H groups in total. The number of benzene rings is 2. The van der Waals surface area contributed by atoms with E-state index in [2.05, 4.69) is 18.2 Å². The van der Waals surface area contributed by atoms with Crippen LogP contribution in [0.4, 0.5) is 0 Å². The molecule has 3 rings (SSSR count). The van der Waals surface area contributed by atoms with Crippen molar-refractivity contribution >= 4 is 5.91 Å². The smallest absolute Gasteiger partial charge is 0.260 e. The molecule has 3 nitrogen and oxygen atoms in total. The van der Waals surface area contributed by atoms with Gasteiger partial charge in [0.1, 0.15) is 5.75 Å². The number of hydrogen-bond donors (Lipinski definition) is 0. The number of carbonyl (C=O) groups is 1. The monoisotopic (exact) mass is 281 g/mol. The van der Waals surface area contributed by atoms with E-state index in [-0.39, 0.29) is 12.5 Å². The number of likely N-dealkylation sites (tertiary alicyclic amines) is 1. The lowest BCUT2D eigenvalue weighted by Gasteiger charge is -2.30. The number of carbonyl (C=O) groups excluding carboxylic acids is 1. The van der Waals surface area contributed by atoms with E-state index in [0.29, 0.717) is 0 Å². The van der Waals surface area contributed by atoms with Crippen molar-refractivity contribution < 1.29 is 9.53 Å². The van der Waals surface area contributed by atoms with Crippen molar-refractivity contribution in [3.05, 3.63) is 65.7 Å². The van der Waals surface area contributed by atoms with E-state index < -0.39 is 0 Å². The Morgan fingerprint density at radius 2 is 1.71 bits per heavy atom. The van der Waals surface area contributed by atoms with Crippen LogP contribution >= 0.6 is 0 Å². The van der Waals surface area contributed by atoms with Crippen LogP contribution in [0.2, 0.25) is 0 Å². The van der Waals surface area contributed by atoms with Gasteiger partial charge in [0.2, 0.25) is 0 Å². The normalized spacial score (nSPS) is 13.6. The topological polar surface area (TPSA) is 29.5 Å². The van der Waals surface area contributed by atoms with Crippen molar-refractivity contribution in [3.63, 3.8) is 0 Å². The molecule has 0 atom stereocenters. The largest absolute Gasteiger partial charge is 0.483 e. The maximum absolute atomic E-state index is 11.9. The van der Waals surface area contributed by atoms with E-state index in [1.165, 1.54) is 5.56 Å². The molecule has 1 aliphatic rings. The van der Waals surface area contributed by atoms with E-state index in [4.69, 9.17) is 4.74 Å². The summed E-state index contributed by atoms with van der Waals surface area (Å²) >= 11 is 0. The lowest BCUT2D eigenvalue weighted by atomic mass is 10.0. The molecule has 1 heterocycles. The van der Waals surface area contributed by atoms with Crippen molar-refractivity contribution in [1.29, 1.82) is 0 Å². The molecule has 0 saturated carbocycles. The van der Waals surface area contributed by atoms with Crippen LogP contribution in [0.5, 0.6) is 5.75 Å². The standard InChI is InChI=1S/C18H19NO2/c20-18(19-11-6-12-19)14-21-17-10-5-4-9-16(17)13-15-7-2-1-3-8-15/h1-5,7-10H,6,11-14H2. The van der Waals surface area contributed by atoms with Crippen molar-refractivity contribution in [3.8, 4) is 5.75 Å². The molecule has 2 aromatic rings. The molecule has 108 valence electrons. The van der Waals surface area contributed by atoms with Crippen molar-refractivity contribution in [2.45, 2.75) is 12.8 Å². The summed E-state index contributed by atoms with van der Waals surface area (Å²) < 4.78 is 5.74. The fourth-order valence-corrected chi connectivity index (χ4v) is 2.40. The van der Waals surface area contributed by atoms with Gasteiger partial charge in [0.15, 0.2) is 6.61 Å². The molecule has 3 heteroatoms. The minimum Gasteiger partial charge on any atom is -0.483 e. The fourth-order valence-electron chi connectivity index (χ4n) is 2.40. The Morgan fingerprint density at radius 3 is 2.43 bits per heavy atom. The van der Waals surface area contributed by atoms with Crippen molar-refractivity contribution in [1.82, 2.24) is 4.90 Å². The van der Waals surface area contributed by atoms with E-state index in [0.717, 1.165) is 37.2 Å². The van der Waals surface area contributed by atoms with Gasteiger partial charge in [-0.1, -0.05) is 48.5 Å².